The molecule has 2 aromatic rings. The van der Waals surface area contributed by atoms with Gasteiger partial charge in [-0.15, -0.1) is 0 Å². The molecule has 7 nitrogen and oxygen atoms in total. The van der Waals surface area contributed by atoms with Crippen molar-refractivity contribution in [3.05, 3.63) is 65.9 Å². The lowest BCUT2D eigenvalue weighted by atomic mass is 10.2. The first-order chi connectivity index (χ1) is 12.1. The summed E-state index contributed by atoms with van der Waals surface area (Å²) in [5.74, 6) is -1.36. The van der Waals surface area contributed by atoms with Crippen molar-refractivity contribution in [1.29, 1.82) is 5.26 Å². The Morgan fingerprint density at radius 1 is 1.12 bits per heavy atom. The van der Waals surface area contributed by atoms with E-state index in [-0.39, 0.29) is 22.6 Å². The van der Waals surface area contributed by atoms with Gasteiger partial charge in [-0.2, -0.15) is 5.26 Å². The van der Waals surface area contributed by atoms with Gasteiger partial charge in [-0.05, 0) is 24.3 Å². The first kappa shape index (κ1) is 17.6. The summed E-state index contributed by atoms with van der Waals surface area (Å²) in [6, 6.07) is 14.4. The number of carbonyl (C=O) groups excluding carboxylic acids is 2. The number of methoxy groups -OCH3 is 1. The average Bonchev–Trinajstić information content (AvgIpc) is 2.64. The zero-order chi connectivity index (χ0) is 18.2. The highest BCUT2D eigenvalue weighted by Crippen LogP contribution is 2.22. The number of carbonyl (C=O) groups is 2. The van der Waals surface area contributed by atoms with Crippen LogP contribution in [0.25, 0.3) is 0 Å². The molecule has 0 radical (unpaired) electrons. The molecule has 25 heavy (non-hydrogen) atoms. The number of para-hydroxylation sites is 3. The third kappa shape index (κ3) is 4.36. The summed E-state index contributed by atoms with van der Waals surface area (Å²) in [6.45, 7) is 0. The van der Waals surface area contributed by atoms with Crippen molar-refractivity contribution >= 4 is 23.3 Å². The van der Waals surface area contributed by atoms with Gasteiger partial charge in [0.05, 0.1) is 24.0 Å². The van der Waals surface area contributed by atoms with Gasteiger partial charge in [-0.3, -0.25) is 4.79 Å². The molecule has 0 saturated carbocycles. The summed E-state index contributed by atoms with van der Waals surface area (Å²) < 4.78 is 4.68. The number of hydrogen-bond acceptors (Lipinski definition) is 6. The maximum Gasteiger partial charge on any atom is 0.339 e. The van der Waals surface area contributed by atoms with E-state index >= 15 is 0 Å². The van der Waals surface area contributed by atoms with Crippen molar-refractivity contribution in [3.63, 3.8) is 0 Å². The molecule has 0 spiro atoms. The number of phenols is 1. The molecule has 126 valence electrons. The summed E-state index contributed by atoms with van der Waals surface area (Å²) in [6.07, 6.45) is 1.18. The molecule has 2 rings (SSSR count). The van der Waals surface area contributed by atoms with Crippen LogP contribution < -0.4 is 10.6 Å². The predicted molar refractivity (Wildman–Crippen MR) is 91.8 cm³/mol. The summed E-state index contributed by atoms with van der Waals surface area (Å²) in [5, 5.41) is 24.0. The second kappa shape index (κ2) is 8.17. The standard InChI is InChI=1S/C18H15N3O4/c1-25-18(24)13-6-2-3-7-14(13)20-11-12(10-19)17(23)21-15-8-4-5-9-16(15)22/h2-9,11,20,22H,1H3,(H,21,23)/b12-11-. The molecule has 0 saturated heterocycles. The number of amides is 1. The van der Waals surface area contributed by atoms with Gasteiger partial charge in [0.2, 0.25) is 0 Å². The number of ether oxygens (including phenoxy) is 1. The third-order valence-electron chi connectivity index (χ3n) is 3.22. The molecule has 7 heteroatoms. The van der Waals surface area contributed by atoms with Crippen molar-refractivity contribution < 1.29 is 19.4 Å². The Hall–Kier alpha value is -3.79. The SMILES string of the molecule is COC(=O)c1ccccc1N/C=C(/C#N)C(=O)Nc1ccccc1O. The maximum atomic E-state index is 12.1. The molecule has 3 N–H and O–H groups in total. The molecule has 0 fully saturated rings. The first-order valence-corrected chi connectivity index (χ1v) is 7.20. The van der Waals surface area contributed by atoms with E-state index in [2.05, 4.69) is 15.4 Å². The van der Waals surface area contributed by atoms with E-state index in [4.69, 9.17) is 0 Å². The molecule has 0 bridgehead atoms. The third-order valence-corrected chi connectivity index (χ3v) is 3.22. The Bertz CT molecular complexity index is 869. The lowest BCUT2D eigenvalue weighted by Gasteiger charge is -2.09. The van der Waals surface area contributed by atoms with E-state index in [1.54, 1.807) is 42.5 Å². The Kier molecular flexibility index (Phi) is 5.74. The lowest BCUT2D eigenvalue weighted by molar-refractivity contribution is -0.112. The van der Waals surface area contributed by atoms with Crippen LogP contribution in [0.5, 0.6) is 5.75 Å². The number of phenolic OH excluding ortho intramolecular Hbond substituents is 1. The molecule has 0 aliphatic rings. The van der Waals surface area contributed by atoms with Crippen LogP contribution in [0.4, 0.5) is 11.4 Å². The molecule has 0 unspecified atom stereocenters. The van der Waals surface area contributed by atoms with E-state index in [0.29, 0.717) is 5.69 Å². The number of esters is 1. The van der Waals surface area contributed by atoms with Crippen LogP contribution >= 0.6 is 0 Å². The number of nitrogens with zero attached hydrogens (tertiary/aromatic N) is 1. The van der Waals surface area contributed by atoms with Crippen LogP contribution in [-0.4, -0.2) is 24.1 Å². The monoisotopic (exact) mass is 337 g/mol. The maximum absolute atomic E-state index is 12.1. The van der Waals surface area contributed by atoms with Crippen molar-refractivity contribution in [3.8, 4) is 11.8 Å². The molecule has 0 aromatic heterocycles. The van der Waals surface area contributed by atoms with E-state index in [1.165, 1.54) is 25.4 Å². The van der Waals surface area contributed by atoms with Gasteiger partial charge in [-0.1, -0.05) is 24.3 Å². The minimum Gasteiger partial charge on any atom is -0.506 e. The molecule has 1 amide bonds. The highest BCUT2D eigenvalue weighted by atomic mass is 16.5. The summed E-state index contributed by atoms with van der Waals surface area (Å²) >= 11 is 0. The van der Waals surface area contributed by atoms with Crippen LogP contribution in [0.2, 0.25) is 0 Å². The molecule has 0 atom stereocenters. The number of benzene rings is 2. The summed E-state index contributed by atoms with van der Waals surface area (Å²) in [5.41, 5.74) is 0.601. The van der Waals surface area contributed by atoms with Gasteiger partial charge in [-0.25, -0.2) is 4.79 Å². The van der Waals surface area contributed by atoms with Crippen molar-refractivity contribution in [2.24, 2.45) is 0 Å². The van der Waals surface area contributed by atoms with E-state index in [1.807, 2.05) is 0 Å². The quantitative estimate of drug-likeness (QED) is 0.335. The topological polar surface area (TPSA) is 111 Å². The number of aromatic hydroxyl groups is 1. The average molecular weight is 337 g/mol. The van der Waals surface area contributed by atoms with Gasteiger partial charge in [0.1, 0.15) is 17.4 Å². The normalized spacial score (nSPS) is 10.5. The second-order valence-corrected chi connectivity index (χ2v) is 4.82. The van der Waals surface area contributed by atoms with Crippen LogP contribution in [-0.2, 0) is 9.53 Å². The number of nitrogens with one attached hydrogen (secondary N) is 2. The molecule has 0 aliphatic heterocycles. The zero-order valence-electron chi connectivity index (χ0n) is 13.3. The fraction of sp³-hybridized carbons (Fsp3) is 0.0556. The Balaban J connectivity index is 2.19. The fourth-order valence-corrected chi connectivity index (χ4v) is 1.96. The number of anilines is 2. The minimum atomic E-state index is -0.702. The highest BCUT2D eigenvalue weighted by molar-refractivity contribution is 6.07. The van der Waals surface area contributed by atoms with Crippen LogP contribution in [0, 0.1) is 11.3 Å². The highest BCUT2D eigenvalue weighted by Gasteiger charge is 2.13. The van der Waals surface area contributed by atoms with Gasteiger partial charge in [0, 0.05) is 6.20 Å². The number of nitriles is 1. The molecular weight excluding hydrogens is 322 g/mol. The van der Waals surface area contributed by atoms with Gasteiger partial charge < -0.3 is 20.5 Å². The Labute approximate surface area is 144 Å². The van der Waals surface area contributed by atoms with Crippen molar-refractivity contribution in [2.75, 3.05) is 17.7 Å². The van der Waals surface area contributed by atoms with Crippen LogP contribution in [0.1, 0.15) is 10.4 Å². The van der Waals surface area contributed by atoms with E-state index in [0.717, 1.165) is 0 Å². The molecule has 2 aromatic carbocycles. The summed E-state index contributed by atoms with van der Waals surface area (Å²) in [4.78, 5) is 23.9. The van der Waals surface area contributed by atoms with Crippen LogP contribution in [0.15, 0.2) is 60.3 Å². The molecule has 0 aliphatic carbocycles. The van der Waals surface area contributed by atoms with E-state index in [9.17, 15) is 20.0 Å². The summed E-state index contributed by atoms with van der Waals surface area (Å²) in [7, 11) is 1.26. The predicted octanol–water partition coefficient (Wildman–Crippen LogP) is 2.64. The number of rotatable bonds is 5. The van der Waals surface area contributed by atoms with Crippen LogP contribution in [0.3, 0.4) is 0 Å². The Morgan fingerprint density at radius 3 is 2.40 bits per heavy atom. The number of hydrogen-bond donors (Lipinski definition) is 3. The van der Waals surface area contributed by atoms with Crippen molar-refractivity contribution in [1.82, 2.24) is 0 Å². The lowest BCUT2D eigenvalue weighted by Crippen LogP contribution is -2.15. The van der Waals surface area contributed by atoms with E-state index < -0.39 is 11.9 Å². The zero-order valence-corrected chi connectivity index (χ0v) is 13.3. The van der Waals surface area contributed by atoms with Gasteiger partial charge in [0.25, 0.3) is 5.91 Å². The molecular formula is C18H15N3O4. The van der Waals surface area contributed by atoms with Crippen molar-refractivity contribution in [2.45, 2.75) is 0 Å². The fourth-order valence-electron chi connectivity index (χ4n) is 1.96. The van der Waals surface area contributed by atoms with Gasteiger partial charge >= 0.3 is 5.97 Å². The van der Waals surface area contributed by atoms with Gasteiger partial charge in [0.15, 0.2) is 0 Å². The second-order valence-electron chi connectivity index (χ2n) is 4.82. The first-order valence-electron chi connectivity index (χ1n) is 7.20. The Morgan fingerprint density at radius 2 is 1.76 bits per heavy atom. The molecule has 0 heterocycles. The smallest absolute Gasteiger partial charge is 0.339 e. The largest absolute Gasteiger partial charge is 0.506 e. The minimum absolute atomic E-state index is 0.114.